The second-order valence-electron chi connectivity index (χ2n) is 7.50. The van der Waals surface area contributed by atoms with Crippen molar-refractivity contribution in [3.63, 3.8) is 0 Å². The van der Waals surface area contributed by atoms with Crippen molar-refractivity contribution in [1.29, 1.82) is 0 Å². The Morgan fingerprint density at radius 2 is 1.36 bits per heavy atom. The third-order valence-electron chi connectivity index (χ3n) is 4.66. The fourth-order valence-electron chi connectivity index (χ4n) is 3.10. The minimum atomic E-state index is -0.459. The molecule has 0 aliphatic rings. The smallest absolute Gasteiger partial charge is 0.323 e. The summed E-state index contributed by atoms with van der Waals surface area (Å²) in [4.78, 5) is 21.1. The lowest BCUT2D eigenvalue weighted by molar-refractivity contribution is 0.262. The summed E-state index contributed by atoms with van der Waals surface area (Å²) in [6.07, 6.45) is 0. The number of nitrogens with zero attached hydrogens (tertiary/aromatic N) is 2. The van der Waals surface area contributed by atoms with Crippen LogP contribution < -0.4 is 21.3 Å². The summed E-state index contributed by atoms with van der Waals surface area (Å²) in [6.45, 7) is 3.93. The number of aryl methyl sites for hydroxylation is 2. The van der Waals surface area contributed by atoms with E-state index in [1.54, 1.807) is 18.2 Å². The monoisotopic (exact) mass is 442 g/mol. The molecule has 0 radical (unpaired) electrons. The van der Waals surface area contributed by atoms with Crippen LogP contribution in [0.5, 0.6) is 0 Å². The molecule has 4 N–H and O–H groups in total. The van der Waals surface area contributed by atoms with Gasteiger partial charge in [-0.25, -0.2) is 14.2 Å². The van der Waals surface area contributed by atoms with Crippen LogP contribution in [0.3, 0.4) is 0 Å². The Hall–Kier alpha value is -4.46. The van der Waals surface area contributed by atoms with E-state index < -0.39 is 11.8 Å². The van der Waals surface area contributed by atoms with E-state index in [-0.39, 0.29) is 0 Å². The number of amides is 2. The Kier molecular flexibility index (Phi) is 6.45. The molecule has 4 rings (SSSR count). The van der Waals surface area contributed by atoms with Crippen LogP contribution >= 0.6 is 0 Å². The van der Waals surface area contributed by atoms with Crippen molar-refractivity contribution in [3.05, 3.63) is 95.9 Å². The maximum atomic E-state index is 13.2. The highest BCUT2D eigenvalue weighted by Crippen LogP contribution is 2.21. The Balaban J connectivity index is 1.38. The zero-order chi connectivity index (χ0) is 23.2. The molecule has 0 spiro atoms. The maximum absolute atomic E-state index is 13.2. The van der Waals surface area contributed by atoms with Crippen molar-refractivity contribution in [2.45, 2.75) is 13.8 Å². The molecule has 0 saturated heterocycles. The molecule has 3 aromatic carbocycles. The van der Waals surface area contributed by atoms with Crippen molar-refractivity contribution >= 4 is 40.5 Å². The summed E-state index contributed by atoms with van der Waals surface area (Å²) in [6, 6.07) is 22.2. The van der Waals surface area contributed by atoms with Gasteiger partial charge in [-0.3, -0.25) is 0 Å². The van der Waals surface area contributed by atoms with Crippen LogP contribution in [0.4, 0.5) is 43.7 Å². The molecule has 4 aromatic rings. The van der Waals surface area contributed by atoms with Crippen LogP contribution in [-0.2, 0) is 0 Å². The van der Waals surface area contributed by atoms with Crippen molar-refractivity contribution in [3.8, 4) is 0 Å². The SMILES string of the molecule is Cc1ccc(Nc2nc(C)cc(Nc3ccc(NC(=O)Nc4cccc(F)c4)cc3)n2)cc1. The van der Waals surface area contributed by atoms with Crippen LogP contribution in [0, 0.1) is 19.7 Å². The predicted molar refractivity (Wildman–Crippen MR) is 130 cm³/mol. The highest BCUT2D eigenvalue weighted by molar-refractivity contribution is 5.99. The number of urea groups is 1. The quantitative estimate of drug-likeness (QED) is 0.279. The fraction of sp³-hybridized carbons (Fsp3) is 0.0800. The third-order valence-corrected chi connectivity index (χ3v) is 4.66. The molecule has 0 atom stereocenters. The van der Waals surface area contributed by atoms with Gasteiger partial charge >= 0.3 is 6.03 Å². The van der Waals surface area contributed by atoms with Crippen molar-refractivity contribution < 1.29 is 9.18 Å². The lowest BCUT2D eigenvalue weighted by Gasteiger charge is -2.11. The Labute approximate surface area is 191 Å². The first-order valence-electron chi connectivity index (χ1n) is 10.3. The Morgan fingerprint density at radius 3 is 2.09 bits per heavy atom. The van der Waals surface area contributed by atoms with Gasteiger partial charge in [0.15, 0.2) is 0 Å². The van der Waals surface area contributed by atoms with Crippen molar-refractivity contribution in [1.82, 2.24) is 9.97 Å². The molecule has 0 saturated carbocycles. The third kappa shape index (κ3) is 6.27. The lowest BCUT2D eigenvalue weighted by atomic mass is 10.2. The van der Waals surface area contributed by atoms with E-state index in [2.05, 4.69) is 31.2 Å². The molecule has 0 unspecified atom stereocenters. The lowest BCUT2D eigenvalue weighted by Crippen LogP contribution is -2.19. The number of benzene rings is 3. The molecule has 0 fully saturated rings. The topological polar surface area (TPSA) is 91.0 Å². The van der Waals surface area contributed by atoms with Gasteiger partial charge < -0.3 is 21.3 Å². The van der Waals surface area contributed by atoms with Gasteiger partial charge in [-0.05, 0) is 68.4 Å². The van der Waals surface area contributed by atoms with E-state index in [1.807, 2.05) is 56.3 Å². The molecule has 0 aliphatic carbocycles. The number of rotatable bonds is 6. The van der Waals surface area contributed by atoms with Gasteiger partial charge in [0.05, 0.1) is 0 Å². The second-order valence-corrected chi connectivity index (χ2v) is 7.50. The van der Waals surface area contributed by atoms with Gasteiger partial charge in [0.25, 0.3) is 0 Å². The Morgan fingerprint density at radius 1 is 0.727 bits per heavy atom. The summed E-state index contributed by atoms with van der Waals surface area (Å²) in [5, 5.41) is 11.8. The molecule has 0 bridgehead atoms. The highest BCUT2D eigenvalue weighted by Gasteiger charge is 2.06. The molecule has 8 heteroatoms. The predicted octanol–water partition coefficient (Wildman–Crippen LogP) is 6.36. The number of carbonyl (C=O) groups is 1. The largest absolute Gasteiger partial charge is 0.340 e. The number of nitrogens with one attached hydrogen (secondary N) is 4. The molecule has 2 amide bonds. The van der Waals surface area contributed by atoms with Gasteiger partial charge in [0, 0.05) is 34.5 Å². The Bertz CT molecular complexity index is 1260. The first-order chi connectivity index (χ1) is 15.9. The standard InChI is InChI=1S/C25H23FN6O/c1-16-6-8-20(9-7-16)29-24-27-17(2)14-23(32-24)28-19-10-12-21(13-11-19)30-25(33)31-22-5-3-4-18(26)15-22/h3-15H,1-2H3,(H2,30,31,33)(H2,27,28,29,32). The van der Waals surface area contributed by atoms with Gasteiger partial charge in [-0.15, -0.1) is 0 Å². The number of hydrogen-bond acceptors (Lipinski definition) is 5. The van der Waals surface area contributed by atoms with Crippen LogP contribution in [-0.4, -0.2) is 16.0 Å². The maximum Gasteiger partial charge on any atom is 0.323 e. The van der Waals surface area contributed by atoms with Crippen molar-refractivity contribution in [2.75, 3.05) is 21.3 Å². The second kappa shape index (κ2) is 9.78. The minimum Gasteiger partial charge on any atom is -0.340 e. The number of hydrogen-bond donors (Lipinski definition) is 4. The zero-order valence-electron chi connectivity index (χ0n) is 18.2. The first kappa shape index (κ1) is 21.8. The van der Waals surface area contributed by atoms with Crippen LogP contribution in [0.25, 0.3) is 0 Å². The van der Waals surface area contributed by atoms with Crippen molar-refractivity contribution in [2.24, 2.45) is 0 Å². The van der Waals surface area contributed by atoms with Gasteiger partial charge in [0.2, 0.25) is 5.95 Å². The first-order valence-corrected chi connectivity index (χ1v) is 10.3. The normalized spacial score (nSPS) is 10.4. The molecule has 7 nitrogen and oxygen atoms in total. The van der Waals surface area contributed by atoms with E-state index in [0.717, 1.165) is 17.1 Å². The summed E-state index contributed by atoms with van der Waals surface area (Å²) >= 11 is 0. The summed E-state index contributed by atoms with van der Waals surface area (Å²) < 4.78 is 13.2. The van der Waals surface area contributed by atoms with Gasteiger partial charge in [-0.2, -0.15) is 4.98 Å². The average Bonchev–Trinajstić information content (AvgIpc) is 2.76. The summed E-state index contributed by atoms with van der Waals surface area (Å²) in [7, 11) is 0. The van der Waals surface area contributed by atoms with E-state index in [4.69, 9.17) is 0 Å². The van der Waals surface area contributed by atoms with E-state index in [9.17, 15) is 9.18 Å². The number of halogens is 1. The molecule has 0 aliphatic heterocycles. The van der Waals surface area contributed by atoms with Crippen LogP contribution in [0.15, 0.2) is 78.9 Å². The zero-order valence-corrected chi connectivity index (χ0v) is 18.2. The van der Waals surface area contributed by atoms with E-state index in [0.29, 0.717) is 23.1 Å². The van der Waals surface area contributed by atoms with E-state index in [1.165, 1.54) is 23.8 Å². The van der Waals surface area contributed by atoms with Gasteiger partial charge in [0.1, 0.15) is 11.6 Å². The van der Waals surface area contributed by atoms with Gasteiger partial charge in [-0.1, -0.05) is 23.8 Å². The molecule has 1 aromatic heterocycles. The number of carbonyl (C=O) groups excluding carboxylic acids is 1. The molecular weight excluding hydrogens is 419 g/mol. The number of aromatic nitrogens is 2. The summed E-state index contributed by atoms with van der Waals surface area (Å²) in [5.74, 6) is 0.718. The van der Waals surface area contributed by atoms with Crippen LogP contribution in [0.1, 0.15) is 11.3 Å². The molecule has 33 heavy (non-hydrogen) atoms. The van der Waals surface area contributed by atoms with Crippen LogP contribution in [0.2, 0.25) is 0 Å². The average molecular weight is 442 g/mol. The molecule has 1 heterocycles. The fourth-order valence-corrected chi connectivity index (χ4v) is 3.10. The molecular formula is C25H23FN6O. The van der Waals surface area contributed by atoms with E-state index >= 15 is 0 Å². The highest BCUT2D eigenvalue weighted by atomic mass is 19.1. The summed E-state index contributed by atoms with van der Waals surface area (Å²) in [5.41, 5.74) is 4.66. The molecule has 166 valence electrons. The minimum absolute atomic E-state index is 0.375. The number of anilines is 6.